The highest BCUT2D eigenvalue weighted by atomic mass is 16.5. The first-order valence-corrected chi connectivity index (χ1v) is 7.81. The van der Waals surface area contributed by atoms with Gasteiger partial charge in [0, 0.05) is 25.1 Å². The number of oxime groups is 1. The summed E-state index contributed by atoms with van der Waals surface area (Å²) in [4.78, 5) is 2.52. The van der Waals surface area contributed by atoms with Gasteiger partial charge in [0.2, 0.25) is 0 Å². The Morgan fingerprint density at radius 1 is 1.35 bits per heavy atom. The van der Waals surface area contributed by atoms with Gasteiger partial charge in [-0.3, -0.25) is 0 Å². The molecule has 1 fully saturated rings. The second-order valence-corrected chi connectivity index (χ2v) is 6.32. The molecule has 0 saturated carbocycles. The number of ether oxygens (including phenoxy) is 1. The Hall–Kier alpha value is -0.810. The first kappa shape index (κ1) is 17.2. The highest BCUT2D eigenvalue weighted by molar-refractivity contribution is 5.85. The van der Waals surface area contributed by atoms with Crippen molar-refractivity contribution in [1.29, 1.82) is 0 Å². The van der Waals surface area contributed by atoms with Crippen LogP contribution in [-0.4, -0.2) is 48.3 Å². The molecular weight excluding hydrogens is 254 g/mol. The number of unbranched alkanes of at least 4 members (excludes halogenated alkanes) is 1. The van der Waals surface area contributed by atoms with Gasteiger partial charge in [0.1, 0.15) is 5.84 Å². The van der Waals surface area contributed by atoms with E-state index in [-0.39, 0.29) is 5.41 Å². The van der Waals surface area contributed by atoms with Crippen LogP contribution in [0.1, 0.15) is 52.9 Å². The molecule has 20 heavy (non-hydrogen) atoms. The Balaban J connectivity index is 2.14. The third kappa shape index (κ3) is 5.67. The third-order valence-electron chi connectivity index (χ3n) is 4.26. The van der Waals surface area contributed by atoms with E-state index in [4.69, 9.17) is 15.7 Å². The van der Waals surface area contributed by atoms with E-state index in [2.05, 4.69) is 17.0 Å². The van der Waals surface area contributed by atoms with E-state index in [0.717, 1.165) is 51.9 Å². The summed E-state index contributed by atoms with van der Waals surface area (Å²) in [7, 11) is 0. The lowest BCUT2D eigenvalue weighted by Crippen LogP contribution is -2.37. The van der Waals surface area contributed by atoms with Crippen LogP contribution in [0, 0.1) is 5.41 Å². The van der Waals surface area contributed by atoms with Crippen molar-refractivity contribution in [3.05, 3.63) is 0 Å². The summed E-state index contributed by atoms with van der Waals surface area (Å²) in [6.07, 6.45) is 6.01. The van der Waals surface area contributed by atoms with E-state index in [0.29, 0.717) is 11.9 Å². The highest BCUT2D eigenvalue weighted by Gasteiger charge is 2.23. The van der Waals surface area contributed by atoms with E-state index in [9.17, 15) is 0 Å². The normalized spacial score (nSPS) is 19.4. The SMILES string of the molecule is CCOC1CCN(CCCCC(C)(C)C(N)=NO)CC1. The molecule has 0 bridgehead atoms. The van der Waals surface area contributed by atoms with E-state index in [1.165, 1.54) is 6.42 Å². The van der Waals surface area contributed by atoms with Gasteiger partial charge in [0.15, 0.2) is 0 Å². The van der Waals surface area contributed by atoms with Crippen LogP contribution in [0.4, 0.5) is 0 Å². The van der Waals surface area contributed by atoms with E-state index in [1.807, 2.05) is 13.8 Å². The van der Waals surface area contributed by atoms with Crippen LogP contribution < -0.4 is 5.73 Å². The van der Waals surface area contributed by atoms with Gasteiger partial charge in [0.05, 0.1) is 6.10 Å². The van der Waals surface area contributed by atoms with Crippen molar-refractivity contribution >= 4 is 5.84 Å². The Morgan fingerprint density at radius 2 is 2.00 bits per heavy atom. The maximum absolute atomic E-state index is 8.74. The summed E-state index contributed by atoms with van der Waals surface area (Å²) in [5.41, 5.74) is 5.48. The Bertz CT molecular complexity index is 297. The van der Waals surface area contributed by atoms with Crippen LogP contribution in [0.15, 0.2) is 5.16 Å². The fourth-order valence-corrected chi connectivity index (χ4v) is 2.70. The predicted octanol–water partition coefficient (Wildman–Crippen LogP) is 2.43. The van der Waals surface area contributed by atoms with Crippen molar-refractivity contribution in [2.45, 2.75) is 59.0 Å². The van der Waals surface area contributed by atoms with Crippen LogP contribution >= 0.6 is 0 Å². The van der Waals surface area contributed by atoms with Gasteiger partial charge in [-0.15, -0.1) is 0 Å². The van der Waals surface area contributed by atoms with Crippen LogP contribution in [0.2, 0.25) is 0 Å². The van der Waals surface area contributed by atoms with Crippen LogP contribution in [0.25, 0.3) is 0 Å². The molecule has 0 aliphatic carbocycles. The summed E-state index contributed by atoms with van der Waals surface area (Å²) >= 11 is 0. The van der Waals surface area contributed by atoms with Crippen LogP contribution in [0.5, 0.6) is 0 Å². The average molecular weight is 285 g/mol. The lowest BCUT2D eigenvalue weighted by Gasteiger charge is -2.32. The van der Waals surface area contributed by atoms with Gasteiger partial charge in [-0.05, 0) is 39.2 Å². The van der Waals surface area contributed by atoms with Crippen molar-refractivity contribution < 1.29 is 9.94 Å². The average Bonchev–Trinajstić information content (AvgIpc) is 2.44. The molecule has 0 atom stereocenters. The first-order chi connectivity index (χ1) is 9.49. The van der Waals surface area contributed by atoms with Crippen molar-refractivity contribution in [2.75, 3.05) is 26.2 Å². The lowest BCUT2D eigenvalue weighted by atomic mass is 9.86. The number of hydrogen-bond donors (Lipinski definition) is 2. The molecule has 1 heterocycles. The topological polar surface area (TPSA) is 71.1 Å². The predicted molar refractivity (Wildman–Crippen MR) is 82.1 cm³/mol. The zero-order chi connectivity index (χ0) is 15.0. The van der Waals surface area contributed by atoms with E-state index in [1.54, 1.807) is 0 Å². The molecule has 0 amide bonds. The summed E-state index contributed by atoms with van der Waals surface area (Å²) in [6, 6.07) is 0. The number of piperidine rings is 1. The van der Waals surface area contributed by atoms with E-state index < -0.39 is 0 Å². The monoisotopic (exact) mass is 285 g/mol. The summed E-state index contributed by atoms with van der Waals surface area (Å²) in [6.45, 7) is 10.4. The van der Waals surface area contributed by atoms with Gasteiger partial charge in [-0.2, -0.15) is 0 Å². The molecule has 3 N–H and O–H groups in total. The minimum absolute atomic E-state index is 0.212. The molecule has 5 nitrogen and oxygen atoms in total. The first-order valence-electron chi connectivity index (χ1n) is 7.81. The molecule has 5 heteroatoms. The molecule has 1 aliphatic heterocycles. The summed E-state index contributed by atoms with van der Waals surface area (Å²) < 4.78 is 5.66. The maximum Gasteiger partial charge on any atom is 0.144 e. The standard InChI is InChI=1S/C15H31N3O2/c1-4-20-13-7-11-18(12-8-13)10-6-5-9-15(2,3)14(16)17-19/h13,19H,4-12H2,1-3H3,(H2,16,17). The Labute approximate surface area is 123 Å². The largest absolute Gasteiger partial charge is 0.409 e. The van der Waals surface area contributed by atoms with Gasteiger partial charge >= 0.3 is 0 Å². The Kier molecular flexibility index (Phi) is 7.30. The number of rotatable bonds is 8. The van der Waals surface area contributed by atoms with Gasteiger partial charge in [0.25, 0.3) is 0 Å². The zero-order valence-corrected chi connectivity index (χ0v) is 13.3. The van der Waals surface area contributed by atoms with Gasteiger partial charge in [-0.25, -0.2) is 0 Å². The molecule has 0 unspecified atom stereocenters. The van der Waals surface area contributed by atoms with Crippen molar-refractivity contribution in [3.8, 4) is 0 Å². The fraction of sp³-hybridized carbons (Fsp3) is 0.933. The molecule has 0 aromatic carbocycles. The summed E-state index contributed by atoms with van der Waals surface area (Å²) in [5.74, 6) is 0.329. The van der Waals surface area contributed by atoms with Crippen molar-refractivity contribution in [1.82, 2.24) is 4.90 Å². The van der Waals surface area contributed by atoms with Crippen LogP contribution in [0.3, 0.4) is 0 Å². The van der Waals surface area contributed by atoms with Crippen molar-refractivity contribution in [3.63, 3.8) is 0 Å². The minimum atomic E-state index is -0.212. The molecule has 0 aromatic heterocycles. The van der Waals surface area contributed by atoms with Gasteiger partial charge in [-0.1, -0.05) is 25.4 Å². The molecular formula is C15H31N3O2. The van der Waals surface area contributed by atoms with Crippen molar-refractivity contribution in [2.24, 2.45) is 16.3 Å². The third-order valence-corrected chi connectivity index (χ3v) is 4.26. The molecule has 0 radical (unpaired) electrons. The smallest absolute Gasteiger partial charge is 0.144 e. The molecule has 118 valence electrons. The summed E-state index contributed by atoms with van der Waals surface area (Å²) in [5, 5.41) is 11.9. The zero-order valence-electron chi connectivity index (χ0n) is 13.3. The molecule has 1 saturated heterocycles. The molecule has 1 rings (SSSR count). The van der Waals surface area contributed by atoms with Gasteiger partial charge < -0.3 is 20.6 Å². The van der Waals surface area contributed by atoms with E-state index >= 15 is 0 Å². The number of hydrogen-bond acceptors (Lipinski definition) is 4. The second-order valence-electron chi connectivity index (χ2n) is 6.32. The fourth-order valence-electron chi connectivity index (χ4n) is 2.70. The number of likely N-dealkylation sites (tertiary alicyclic amines) is 1. The number of nitrogens with two attached hydrogens (primary N) is 1. The molecule has 1 aliphatic rings. The number of amidine groups is 1. The number of nitrogens with zero attached hydrogens (tertiary/aromatic N) is 2. The maximum atomic E-state index is 8.74. The lowest BCUT2D eigenvalue weighted by molar-refractivity contribution is 0.0139. The quantitative estimate of drug-likeness (QED) is 0.236. The van der Waals surface area contributed by atoms with Crippen LogP contribution in [-0.2, 0) is 4.74 Å². The minimum Gasteiger partial charge on any atom is -0.409 e. The second kappa shape index (κ2) is 8.47. The molecule has 0 spiro atoms. The molecule has 0 aromatic rings. The highest BCUT2D eigenvalue weighted by Crippen LogP contribution is 2.23. The Morgan fingerprint density at radius 3 is 2.55 bits per heavy atom.